The Morgan fingerprint density at radius 3 is 2.87 bits per heavy atom. The fourth-order valence-corrected chi connectivity index (χ4v) is 1.80. The molecular formula is C13H14O2. The Balaban J connectivity index is 2.33. The zero-order valence-electron chi connectivity index (χ0n) is 8.99. The van der Waals surface area contributed by atoms with Gasteiger partial charge in [0.25, 0.3) is 0 Å². The number of aryl methyl sites for hydroxylation is 2. The summed E-state index contributed by atoms with van der Waals surface area (Å²) in [5, 5.41) is 0. The van der Waals surface area contributed by atoms with Crippen molar-refractivity contribution in [1.29, 1.82) is 0 Å². The first kappa shape index (κ1) is 9.97. The van der Waals surface area contributed by atoms with E-state index < -0.39 is 0 Å². The molecule has 0 fully saturated rings. The van der Waals surface area contributed by atoms with Gasteiger partial charge < -0.3 is 4.74 Å². The summed E-state index contributed by atoms with van der Waals surface area (Å²) in [6, 6.07) is 6.22. The highest BCUT2D eigenvalue weighted by Crippen LogP contribution is 2.28. The van der Waals surface area contributed by atoms with Gasteiger partial charge >= 0.3 is 0 Å². The zero-order valence-corrected chi connectivity index (χ0v) is 8.99. The minimum absolute atomic E-state index is 0.109. The van der Waals surface area contributed by atoms with Crippen molar-refractivity contribution >= 4 is 5.78 Å². The lowest BCUT2D eigenvalue weighted by Gasteiger charge is -2.21. The van der Waals surface area contributed by atoms with E-state index >= 15 is 0 Å². The Bertz CT molecular complexity index is 419. The molecule has 1 aliphatic heterocycles. The summed E-state index contributed by atoms with van der Waals surface area (Å²) in [6.07, 6.45) is 3.32. The highest BCUT2D eigenvalue weighted by Gasteiger charge is 2.20. The number of carbonyl (C=O) groups is 1. The molecule has 0 N–H and O–H groups in total. The van der Waals surface area contributed by atoms with Gasteiger partial charge in [-0.15, -0.1) is 0 Å². The molecule has 2 heteroatoms. The molecule has 0 saturated heterocycles. The molecule has 1 aromatic rings. The third kappa shape index (κ3) is 2.09. The number of hydrogen-bond donors (Lipinski definition) is 0. The molecular weight excluding hydrogens is 188 g/mol. The average Bonchev–Trinajstić information content (AvgIpc) is 2.22. The van der Waals surface area contributed by atoms with Crippen LogP contribution in [0.15, 0.2) is 30.5 Å². The van der Waals surface area contributed by atoms with Crippen molar-refractivity contribution in [3.05, 3.63) is 47.2 Å². The number of ether oxygens (including phenoxy) is 1. The number of rotatable bonds is 1. The van der Waals surface area contributed by atoms with Crippen molar-refractivity contribution in [1.82, 2.24) is 0 Å². The van der Waals surface area contributed by atoms with Crippen LogP contribution in [0.3, 0.4) is 0 Å². The van der Waals surface area contributed by atoms with Gasteiger partial charge in [0.15, 0.2) is 5.78 Å². The Kier molecular flexibility index (Phi) is 2.58. The van der Waals surface area contributed by atoms with Crippen LogP contribution in [0.4, 0.5) is 0 Å². The number of hydrogen-bond acceptors (Lipinski definition) is 2. The molecule has 1 unspecified atom stereocenters. The summed E-state index contributed by atoms with van der Waals surface area (Å²) in [7, 11) is 0. The van der Waals surface area contributed by atoms with Gasteiger partial charge in [-0.1, -0.05) is 23.8 Å². The monoisotopic (exact) mass is 202 g/mol. The molecule has 0 aliphatic carbocycles. The Labute approximate surface area is 89.6 Å². The van der Waals surface area contributed by atoms with E-state index in [1.807, 2.05) is 13.8 Å². The molecule has 0 radical (unpaired) electrons. The van der Waals surface area contributed by atoms with Crippen LogP contribution < -0.4 is 0 Å². The Morgan fingerprint density at radius 2 is 2.13 bits per heavy atom. The van der Waals surface area contributed by atoms with Crippen LogP contribution in [0.2, 0.25) is 0 Å². The maximum absolute atomic E-state index is 11.3. The van der Waals surface area contributed by atoms with Crippen LogP contribution in [0.5, 0.6) is 0 Å². The summed E-state index contributed by atoms with van der Waals surface area (Å²) < 4.78 is 5.47. The molecule has 0 spiro atoms. The lowest BCUT2D eigenvalue weighted by Crippen LogP contribution is -2.12. The number of benzene rings is 1. The molecule has 15 heavy (non-hydrogen) atoms. The molecule has 2 rings (SSSR count). The van der Waals surface area contributed by atoms with Gasteiger partial charge in [0.05, 0.1) is 12.7 Å². The first-order valence-electron chi connectivity index (χ1n) is 5.09. The van der Waals surface area contributed by atoms with Crippen LogP contribution >= 0.6 is 0 Å². The second-order valence-corrected chi connectivity index (χ2v) is 3.96. The zero-order chi connectivity index (χ0) is 10.8. The lowest BCUT2D eigenvalue weighted by molar-refractivity contribution is -0.118. The van der Waals surface area contributed by atoms with Crippen LogP contribution in [0.1, 0.15) is 29.2 Å². The van der Waals surface area contributed by atoms with Gasteiger partial charge in [-0.05, 0) is 25.0 Å². The van der Waals surface area contributed by atoms with E-state index in [1.54, 1.807) is 0 Å². The lowest BCUT2D eigenvalue weighted by atomic mass is 9.96. The van der Waals surface area contributed by atoms with Crippen LogP contribution in [0.25, 0.3) is 0 Å². The van der Waals surface area contributed by atoms with Crippen molar-refractivity contribution in [3.63, 3.8) is 0 Å². The van der Waals surface area contributed by atoms with E-state index in [9.17, 15) is 4.79 Å². The topological polar surface area (TPSA) is 26.3 Å². The number of ketones is 1. The summed E-state index contributed by atoms with van der Waals surface area (Å²) >= 11 is 0. The third-order valence-electron chi connectivity index (χ3n) is 2.66. The molecule has 0 amide bonds. The molecule has 2 nitrogen and oxygen atoms in total. The molecule has 0 bridgehead atoms. The summed E-state index contributed by atoms with van der Waals surface area (Å²) in [4.78, 5) is 11.3. The van der Waals surface area contributed by atoms with Crippen molar-refractivity contribution in [3.8, 4) is 0 Å². The van der Waals surface area contributed by atoms with Gasteiger partial charge in [-0.25, -0.2) is 0 Å². The highest BCUT2D eigenvalue weighted by molar-refractivity contribution is 5.90. The van der Waals surface area contributed by atoms with Crippen molar-refractivity contribution in [2.45, 2.75) is 26.4 Å². The molecule has 1 aromatic carbocycles. The molecule has 1 heterocycles. The molecule has 1 aliphatic rings. The summed E-state index contributed by atoms with van der Waals surface area (Å²) in [6.45, 7) is 4.09. The van der Waals surface area contributed by atoms with Gasteiger partial charge in [-0.2, -0.15) is 0 Å². The minimum atomic E-state index is -0.109. The SMILES string of the molecule is Cc1ccc(C)c(C2CC(=O)C=CO2)c1. The fraction of sp³-hybridized carbons (Fsp3) is 0.308. The molecule has 0 saturated carbocycles. The van der Waals surface area contributed by atoms with Crippen LogP contribution in [0, 0.1) is 13.8 Å². The van der Waals surface area contributed by atoms with E-state index in [1.165, 1.54) is 23.5 Å². The normalized spacial score (nSPS) is 20.1. The first-order chi connectivity index (χ1) is 7.16. The predicted molar refractivity (Wildman–Crippen MR) is 58.5 cm³/mol. The minimum Gasteiger partial charge on any atom is -0.493 e. The fourth-order valence-electron chi connectivity index (χ4n) is 1.80. The highest BCUT2D eigenvalue weighted by atomic mass is 16.5. The van der Waals surface area contributed by atoms with Gasteiger partial charge in [-0.3, -0.25) is 4.79 Å². The smallest absolute Gasteiger partial charge is 0.162 e. The largest absolute Gasteiger partial charge is 0.493 e. The van der Waals surface area contributed by atoms with Crippen molar-refractivity contribution in [2.75, 3.05) is 0 Å². The second-order valence-electron chi connectivity index (χ2n) is 3.96. The average molecular weight is 202 g/mol. The maximum Gasteiger partial charge on any atom is 0.162 e. The second kappa shape index (κ2) is 3.89. The predicted octanol–water partition coefficient (Wildman–Crippen LogP) is 2.85. The van der Waals surface area contributed by atoms with Gasteiger partial charge in [0.1, 0.15) is 6.10 Å². The van der Waals surface area contributed by atoms with Gasteiger partial charge in [0, 0.05) is 6.08 Å². The maximum atomic E-state index is 11.3. The van der Waals surface area contributed by atoms with Crippen molar-refractivity contribution < 1.29 is 9.53 Å². The number of carbonyl (C=O) groups excluding carboxylic acids is 1. The Hall–Kier alpha value is -1.57. The van der Waals surface area contributed by atoms with Crippen LogP contribution in [-0.4, -0.2) is 5.78 Å². The molecule has 1 atom stereocenters. The van der Waals surface area contributed by atoms with E-state index in [0.717, 1.165) is 5.56 Å². The van der Waals surface area contributed by atoms with Crippen LogP contribution in [-0.2, 0) is 9.53 Å². The van der Waals surface area contributed by atoms with E-state index in [-0.39, 0.29) is 11.9 Å². The van der Waals surface area contributed by atoms with E-state index in [2.05, 4.69) is 18.2 Å². The van der Waals surface area contributed by atoms with Gasteiger partial charge in [0.2, 0.25) is 0 Å². The first-order valence-corrected chi connectivity index (χ1v) is 5.09. The Morgan fingerprint density at radius 1 is 1.33 bits per heavy atom. The van der Waals surface area contributed by atoms with E-state index in [0.29, 0.717) is 6.42 Å². The van der Waals surface area contributed by atoms with E-state index in [4.69, 9.17) is 4.74 Å². The summed E-state index contributed by atoms with van der Waals surface area (Å²) in [5.74, 6) is 0.132. The standard InChI is InChI=1S/C13H14O2/c1-9-3-4-10(2)12(7-9)13-8-11(14)5-6-15-13/h3-7,13H,8H2,1-2H3. The third-order valence-corrected chi connectivity index (χ3v) is 2.66. The quantitative estimate of drug-likeness (QED) is 0.700. The van der Waals surface area contributed by atoms with Crippen molar-refractivity contribution in [2.24, 2.45) is 0 Å². The molecule has 0 aromatic heterocycles. The molecule has 78 valence electrons. The summed E-state index contributed by atoms with van der Waals surface area (Å²) in [5.41, 5.74) is 3.49. The number of allylic oxidation sites excluding steroid dienone is 1.